The summed E-state index contributed by atoms with van der Waals surface area (Å²) in [6.45, 7) is 1.20. The largest absolute Gasteiger partial charge is 0.497 e. The fraction of sp³-hybridized carbons (Fsp3) is 0.409. The van der Waals surface area contributed by atoms with Gasteiger partial charge in [-0.05, 0) is 49.7 Å². The maximum Gasteiger partial charge on any atom is 0.307 e. The van der Waals surface area contributed by atoms with Crippen LogP contribution in [-0.2, 0) is 4.79 Å². The monoisotopic (exact) mass is 419 g/mol. The first-order valence-corrected chi connectivity index (χ1v) is 9.88. The number of rotatable bonds is 7. The third-order valence-corrected chi connectivity index (χ3v) is 5.62. The van der Waals surface area contributed by atoms with Gasteiger partial charge in [-0.25, -0.2) is 0 Å². The zero-order chi connectivity index (χ0) is 21.0. The summed E-state index contributed by atoms with van der Waals surface area (Å²) in [5.74, 6) is 0.849. The molecule has 2 aromatic carbocycles. The van der Waals surface area contributed by atoms with Crippen molar-refractivity contribution in [1.82, 2.24) is 4.90 Å². The highest BCUT2D eigenvalue weighted by molar-refractivity contribution is 6.30. The number of halogens is 1. The Morgan fingerprint density at radius 1 is 1.07 bits per heavy atom. The van der Waals surface area contributed by atoms with Gasteiger partial charge in [0.1, 0.15) is 17.2 Å². The molecule has 3 rings (SSSR count). The van der Waals surface area contributed by atoms with Crippen LogP contribution in [0, 0.1) is 5.92 Å². The van der Waals surface area contributed by atoms with Crippen LogP contribution in [0.3, 0.4) is 0 Å². The molecule has 6 nitrogen and oxygen atoms in total. The molecule has 2 atom stereocenters. The van der Waals surface area contributed by atoms with Crippen molar-refractivity contribution in [3.63, 3.8) is 0 Å². The molecule has 0 radical (unpaired) electrons. The van der Waals surface area contributed by atoms with Crippen molar-refractivity contribution >= 4 is 17.6 Å². The van der Waals surface area contributed by atoms with Crippen molar-refractivity contribution in [3.8, 4) is 17.2 Å². The van der Waals surface area contributed by atoms with Crippen molar-refractivity contribution in [2.75, 3.05) is 34.4 Å². The van der Waals surface area contributed by atoms with Crippen LogP contribution in [0.1, 0.15) is 30.0 Å². The molecule has 2 aromatic rings. The number of benzene rings is 2. The predicted molar refractivity (Wildman–Crippen MR) is 111 cm³/mol. The van der Waals surface area contributed by atoms with Crippen LogP contribution in [0.2, 0.25) is 5.02 Å². The highest BCUT2D eigenvalue weighted by Crippen LogP contribution is 2.42. The maximum absolute atomic E-state index is 11.7. The summed E-state index contributed by atoms with van der Waals surface area (Å²) in [6, 6.07) is 10.9. The first kappa shape index (κ1) is 21.3. The number of piperidine rings is 1. The Morgan fingerprint density at radius 3 is 2.48 bits per heavy atom. The van der Waals surface area contributed by atoms with E-state index in [9.17, 15) is 9.90 Å². The number of aliphatic carboxylic acids is 1. The van der Waals surface area contributed by atoms with Crippen LogP contribution < -0.4 is 14.2 Å². The van der Waals surface area contributed by atoms with Crippen molar-refractivity contribution in [1.29, 1.82) is 0 Å². The molecule has 1 saturated heterocycles. The fourth-order valence-electron chi connectivity index (χ4n) is 3.97. The van der Waals surface area contributed by atoms with E-state index in [0.29, 0.717) is 35.2 Å². The van der Waals surface area contributed by atoms with E-state index in [0.717, 1.165) is 24.1 Å². The summed E-state index contributed by atoms with van der Waals surface area (Å²) in [6.07, 6.45) is 1.47. The zero-order valence-electron chi connectivity index (χ0n) is 16.9. The molecule has 156 valence electrons. The second-order valence-electron chi connectivity index (χ2n) is 7.07. The Labute approximate surface area is 175 Å². The van der Waals surface area contributed by atoms with Crippen molar-refractivity contribution in [2.45, 2.75) is 18.9 Å². The van der Waals surface area contributed by atoms with Gasteiger partial charge in [0.15, 0.2) is 0 Å². The molecule has 1 aliphatic heterocycles. The molecule has 1 fully saturated rings. The lowest BCUT2D eigenvalue weighted by atomic mass is 9.90. The highest BCUT2D eigenvalue weighted by atomic mass is 35.5. The van der Waals surface area contributed by atoms with Crippen LogP contribution >= 0.6 is 11.6 Å². The van der Waals surface area contributed by atoms with Crippen molar-refractivity contribution in [3.05, 3.63) is 52.5 Å². The Morgan fingerprint density at radius 2 is 1.83 bits per heavy atom. The van der Waals surface area contributed by atoms with Gasteiger partial charge in [-0.15, -0.1) is 0 Å². The van der Waals surface area contributed by atoms with E-state index < -0.39 is 11.9 Å². The van der Waals surface area contributed by atoms with E-state index in [2.05, 4.69) is 4.90 Å². The van der Waals surface area contributed by atoms with Crippen molar-refractivity contribution in [2.24, 2.45) is 5.92 Å². The molecule has 0 amide bonds. The molecule has 1 aliphatic rings. The second kappa shape index (κ2) is 9.37. The van der Waals surface area contributed by atoms with Gasteiger partial charge < -0.3 is 19.3 Å². The summed E-state index contributed by atoms with van der Waals surface area (Å²) in [4.78, 5) is 13.8. The van der Waals surface area contributed by atoms with Gasteiger partial charge in [-0.1, -0.05) is 11.6 Å². The van der Waals surface area contributed by atoms with Crippen LogP contribution in [0.15, 0.2) is 36.4 Å². The SMILES string of the molecule is COc1ccc(C(c2cc(Cl)ccc2OC)N2CCCC(C(=O)O)C2)c(OC)c1. The Balaban J connectivity index is 2.15. The summed E-state index contributed by atoms with van der Waals surface area (Å²) in [5, 5.41) is 10.2. The normalized spacial score (nSPS) is 18.1. The number of likely N-dealkylation sites (tertiary alicyclic amines) is 1. The molecule has 1 N–H and O–H groups in total. The minimum Gasteiger partial charge on any atom is -0.497 e. The molecule has 0 aromatic heterocycles. The smallest absolute Gasteiger partial charge is 0.307 e. The van der Waals surface area contributed by atoms with Crippen molar-refractivity contribution < 1.29 is 24.1 Å². The number of hydrogen-bond donors (Lipinski definition) is 1. The molecule has 0 spiro atoms. The van der Waals surface area contributed by atoms with Gasteiger partial charge in [0.05, 0.1) is 33.3 Å². The van der Waals surface area contributed by atoms with Gasteiger partial charge in [0.25, 0.3) is 0 Å². The number of ether oxygens (including phenoxy) is 3. The molecular weight excluding hydrogens is 394 g/mol. The highest BCUT2D eigenvalue weighted by Gasteiger charge is 2.34. The molecule has 0 saturated carbocycles. The molecule has 29 heavy (non-hydrogen) atoms. The molecule has 2 unspecified atom stereocenters. The maximum atomic E-state index is 11.7. The molecule has 0 bridgehead atoms. The lowest BCUT2D eigenvalue weighted by Crippen LogP contribution is -2.41. The average molecular weight is 420 g/mol. The van der Waals surface area contributed by atoms with Crippen LogP contribution in [0.5, 0.6) is 17.2 Å². The van der Waals surface area contributed by atoms with E-state index in [4.69, 9.17) is 25.8 Å². The molecule has 0 aliphatic carbocycles. The number of methoxy groups -OCH3 is 3. The van der Waals surface area contributed by atoms with Gasteiger partial charge in [0.2, 0.25) is 0 Å². The standard InChI is InChI=1S/C22H26ClNO5/c1-27-16-7-8-17(20(12-16)29-3)21(18-11-15(23)6-9-19(18)28-2)24-10-4-5-14(13-24)22(25)26/h6-9,11-12,14,21H,4-5,10,13H2,1-3H3,(H,25,26). The van der Waals surface area contributed by atoms with E-state index >= 15 is 0 Å². The fourth-order valence-corrected chi connectivity index (χ4v) is 4.15. The average Bonchev–Trinajstić information content (AvgIpc) is 2.74. The number of carboxylic acids is 1. The zero-order valence-corrected chi connectivity index (χ0v) is 17.6. The van der Waals surface area contributed by atoms with E-state index in [1.807, 2.05) is 30.3 Å². The summed E-state index contributed by atoms with van der Waals surface area (Å²) < 4.78 is 16.6. The van der Waals surface area contributed by atoms with Gasteiger partial charge >= 0.3 is 5.97 Å². The molecule has 1 heterocycles. The third-order valence-electron chi connectivity index (χ3n) is 5.39. The minimum absolute atomic E-state index is 0.272. The number of nitrogens with zero attached hydrogens (tertiary/aromatic N) is 1. The predicted octanol–water partition coefficient (Wildman–Crippen LogP) is 4.25. The third kappa shape index (κ3) is 4.60. The minimum atomic E-state index is -0.770. The lowest BCUT2D eigenvalue weighted by Gasteiger charge is -2.38. The summed E-state index contributed by atoms with van der Waals surface area (Å²) in [5.41, 5.74) is 1.77. The first-order valence-electron chi connectivity index (χ1n) is 9.50. The van der Waals surface area contributed by atoms with Gasteiger partial charge in [0, 0.05) is 28.8 Å². The van der Waals surface area contributed by atoms with Crippen LogP contribution in [0.25, 0.3) is 0 Å². The summed E-state index contributed by atoms with van der Waals surface area (Å²) in [7, 11) is 4.83. The Hall–Kier alpha value is -2.44. The van der Waals surface area contributed by atoms with E-state index in [1.165, 1.54) is 0 Å². The quantitative estimate of drug-likeness (QED) is 0.723. The van der Waals surface area contributed by atoms with Crippen LogP contribution in [0.4, 0.5) is 0 Å². The lowest BCUT2D eigenvalue weighted by molar-refractivity contribution is -0.143. The number of carbonyl (C=O) groups is 1. The first-order chi connectivity index (χ1) is 14.0. The Kier molecular flexibility index (Phi) is 6.87. The van der Waals surface area contributed by atoms with Gasteiger partial charge in [-0.3, -0.25) is 9.69 Å². The second-order valence-corrected chi connectivity index (χ2v) is 7.51. The summed E-state index contributed by atoms with van der Waals surface area (Å²) >= 11 is 6.33. The Bertz CT molecular complexity index is 872. The van der Waals surface area contributed by atoms with E-state index in [1.54, 1.807) is 27.4 Å². The molecular formula is C22H26ClNO5. The number of carboxylic acid groups (broad SMARTS) is 1. The number of hydrogen-bond acceptors (Lipinski definition) is 5. The van der Waals surface area contributed by atoms with Gasteiger partial charge in [-0.2, -0.15) is 0 Å². The van der Waals surface area contributed by atoms with Crippen LogP contribution in [-0.4, -0.2) is 50.4 Å². The molecule has 7 heteroatoms. The topological polar surface area (TPSA) is 68.2 Å². The van der Waals surface area contributed by atoms with E-state index in [-0.39, 0.29) is 6.04 Å².